The van der Waals surface area contributed by atoms with E-state index < -0.39 is 19.9 Å². The van der Waals surface area contributed by atoms with Crippen molar-refractivity contribution < 1.29 is 23.5 Å². The van der Waals surface area contributed by atoms with Gasteiger partial charge in [-0.3, -0.25) is 4.57 Å². The molecule has 1 N–H and O–H groups in total. The Morgan fingerprint density at radius 1 is 1.57 bits per heavy atom. The topological polar surface area (TPSA) is 72.8 Å². The predicted molar refractivity (Wildman–Crippen MR) is 51.8 cm³/mol. The van der Waals surface area contributed by atoms with Gasteiger partial charge in [0.15, 0.2) is 6.35 Å². The van der Waals surface area contributed by atoms with Crippen molar-refractivity contribution in [1.29, 1.82) is 0 Å². The second-order valence-electron chi connectivity index (χ2n) is 2.81. The Labute approximate surface area is 83.3 Å². The number of ether oxygens (including phenoxy) is 1. The van der Waals surface area contributed by atoms with Crippen LogP contribution in [0.15, 0.2) is 12.2 Å². The predicted octanol–water partition coefficient (Wildman–Crippen LogP) is 1.68. The highest BCUT2D eigenvalue weighted by Crippen LogP contribution is 2.41. The molecule has 0 fully saturated rings. The van der Waals surface area contributed by atoms with E-state index in [1.54, 1.807) is 6.92 Å². The molecular formula is C8H15O5P. The van der Waals surface area contributed by atoms with Crippen molar-refractivity contribution in [3.8, 4) is 0 Å². The van der Waals surface area contributed by atoms with Crippen molar-refractivity contribution in [2.75, 3.05) is 13.0 Å². The van der Waals surface area contributed by atoms with Crippen LogP contribution in [0.25, 0.3) is 0 Å². The Morgan fingerprint density at radius 3 is 2.57 bits per heavy atom. The number of rotatable bonds is 6. The molecule has 1 atom stereocenters. The summed E-state index contributed by atoms with van der Waals surface area (Å²) in [6, 6.07) is 0. The maximum absolute atomic E-state index is 11.1. The molecule has 0 amide bonds. The number of hydrogen-bond donors (Lipinski definition) is 1. The van der Waals surface area contributed by atoms with Crippen molar-refractivity contribution in [3.05, 3.63) is 12.2 Å². The van der Waals surface area contributed by atoms with Crippen LogP contribution in [0, 0.1) is 0 Å². The van der Waals surface area contributed by atoms with Crippen LogP contribution in [-0.4, -0.2) is 23.8 Å². The van der Waals surface area contributed by atoms with Crippen LogP contribution in [0.3, 0.4) is 0 Å². The molecule has 5 nitrogen and oxygen atoms in total. The molecule has 0 heterocycles. The Balaban J connectivity index is 3.93. The van der Waals surface area contributed by atoms with Crippen molar-refractivity contribution in [2.45, 2.75) is 20.3 Å². The normalized spacial score (nSPS) is 14.5. The van der Waals surface area contributed by atoms with Crippen LogP contribution in [0.4, 0.5) is 0 Å². The Hall–Kier alpha value is -0.640. The minimum Gasteiger partial charge on any atom is -0.449 e. The fraction of sp³-hybridized carbons (Fsp3) is 0.625. The molecule has 0 aromatic heterocycles. The minimum absolute atomic E-state index is 0.165. The monoisotopic (exact) mass is 222 g/mol. The van der Waals surface area contributed by atoms with Gasteiger partial charge in [-0.25, -0.2) is 4.79 Å². The standard InChI is InChI=1S/C8H15O5P/c1-4-5-13-14(10,11)6-12-8(9)7(2)3/h2,4-6H2,1,3H3,(H,10,11). The molecule has 0 radical (unpaired) electrons. The largest absolute Gasteiger partial charge is 0.449 e. The highest BCUT2D eigenvalue weighted by atomic mass is 31.2. The molecule has 14 heavy (non-hydrogen) atoms. The van der Waals surface area contributed by atoms with E-state index in [1.165, 1.54) is 6.92 Å². The molecule has 0 aromatic rings. The zero-order valence-electron chi connectivity index (χ0n) is 8.36. The van der Waals surface area contributed by atoms with Gasteiger partial charge in [0.2, 0.25) is 0 Å². The number of carbonyl (C=O) groups excluding carboxylic acids is 1. The Bertz CT molecular complexity index is 260. The molecule has 0 rings (SSSR count). The lowest BCUT2D eigenvalue weighted by atomic mass is 10.4. The lowest BCUT2D eigenvalue weighted by Crippen LogP contribution is -2.08. The van der Waals surface area contributed by atoms with Crippen LogP contribution in [0.5, 0.6) is 0 Å². The van der Waals surface area contributed by atoms with Gasteiger partial charge in [-0.15, -0.1) is 0 Å². The second kappa shape index (κ2) is 5.96. The molecule has 0 aliphatic carbocycles. The molecule has 0 spiro atoms. The lowest BCUT2D eigenvalue weighted by Gasteiger charge is -2.11. The molecule has 1 unspecified atom stereocenters. The summed E-state index contributed by atoms with van der Waals surface area (Å²) in [4.78, 5) is 20.0. The second-order valence-corrected chi connectivity index (χ2v) is 4.60. The van der Waals surface area contributed by atoms with E-state index in [0.29, 0.717) is 6.42 Å². The van der Waals surface area contributed by atoms with Gasteiger partial charge in [0.05, 0.1) is 6.61 Å². The summed E-state index contributed by atoms with van der Waals surface area (Å²) in [6.07, 6.45) is -0.00231. The summed E-state index contributed by atoms with van der Waals surface area (Å²) >= 11 is 0. The van der Waals surface area contributed by atoms with Crippen LogP contribution in [0.2, 0.25) is 0 Å². The number of carbonyl (C=O) groups is 1. The molecule has 82 valence electrons. The summed E-state index contributed by atoms with van der Waals surface area (Å²) in [5.41, 5.74) is 0.181. The summed E-state index contributed by atoms with van der Waals surface area (Å²) < 4.78 is 20.2. The van der Waals surface area contributed by atoms with Gasteiger partial charge in [-0.05, 0) is 13.3 Å². The lowest BCUT2D eigenvalue weighted by molar-refractivity contribution is -0.137. The van der Waals surface area contributed by atoms with E-state index in [4.69, 9.17) is 4.89 Å². The first-order valence-electron chi connectivity index (χ1n) is 4.18. The fourth-order valence-electron chi connectivity index (χ4n) is 0.535. The molecule has 0 saturated heterocycles. The van der Waals surface area contributed by atoms with Gasteiger partial charge < -0.3 is 14.2 Å². The summed E-state index contributed by atoms with van der Waals surface area (Å²) in [7, 11) is -3.79. The van der Waals surface area contributed by atoms with Gasteiger partial charge in [0, 0.05) is 5.57 Å². The van der Waals surface area contributed by atoms with Gasteiger partial charge in [-0.2, -0.15) is 0 Å². The van der Waals surface area contributed by atoms with Gasteiger partial charge in [-0.1, -0.05) is 13.5 Å². The van der Waals surface area contributed by atoms with E-state index in [-0.39, 0.29) is 12.2 Å². The summed E-state index contributed by atoms with van der Waals surface area (Å²) in [5.74, 6) is -0.695. The zero-order valence-corrected chi connectivity index (χ0v) is 9.25. The molecule has 0 aliphatic rings. The number of esters is 1. The van der Waals surface area contributed by atoms with Crippen LogP contribution >= 0.6 is 7.60 Å². The van der Waals surface area contributed by atoms with Gasteiger partial charge >= 0.3 is 13.6 Å². The fourth-order valence-corrected chi connectivity index (χ4v) is 1.36. The molecule has 0 aromatic carbocycles. The molecule has 6 heteroatoms. The molecule has 0 bridgehead atoms. The van der Waals surface area contributed by atoms with Gasteiger partial charge in [0.25, 0.3) is 0 Å². The van der Waals surface area contributed by atoms with E-state index in [0.717, 1.165) is 0 Å². The first-order valence-corrected chi connectivity index (χ1v) is 5.94. The first kappa shape index (κ1) is 13.4. The van der Waals surface area contributed by atoms with E-state index >= 15 is 0 Å². The SMILES string of the molecule is C=C(C)C(=O)OCP(=O)(O)OCCC. The Kier molecular flexibility index (Phi) is 5.69. The molecule has 0 aliphatic heterocycles. The van der Waals surface area contributed by atoms with E-state index in [1.807, 2.05) is 0 Å². The number of hydrogen-bond acceptors (Lipinski definition) is 4. The highest BCUT2D eigenvalue weighted by molar-refractivity contribution is 7.52. The van der Waals surface area contributed by atoms with Crippen LogP contribution in [0.1, 0.15) is 20.3 Å². The third-order valence-electron chi connectivity index (χ3n) is 1.20. The van der Waals surface area contributed by atoms with E-state index in [2.05, 4.69) is 15.8 Å². The van der Waals surface area contributed by atoms with E-state index in [9.17, 15) is 9.36 Å². The first-order chi connectivity index (χ1) is 6.39. The summed E-state index contributed by atoms with van der Waals surface area (Å²) in [6.45, 7) is 6.76. The van der Waals surface area contributed by atoms with Crippen molar-refractivity contribution >= 4 is 13.6 Å². The quantitative estimate of drug-likeness (QED) is 0.420. The zero-order chi connectivity index (χ0) is 11.2. The maximum atomic E-state index is 11.1. The minimum atomic E-state index is -3.79. The average Bonchev–Trinajstić information content (AvgIpc) is 2.11. The van der Waals surface area contributed by atoms with Crippen molar-refractivity contribution in [2.24, 2.45) is 0 Å². The average molecular weight is 222 g/mol. The third kappa shape index (κ3) is 5.91. The summed E-state index contributed by atoms with van der Waals surface area (Å²) in [5, 5.41) is 0. The molecule has 0 saturated carbocycles. The molecular weight excluding hydrogens is 207 g/mol. The smallest absolute Gasteiger partial charge is 0.365 e. The van der Waals surface area contributed by atoms with Crippen molar-refractivity contribution in [3.63, 3.8) is 0 Å². The Morgan fingerprint density at radius 2 is 2.14 bits per heavy atom. The van der Waals surface area contributed by atoms with Crippen molar-refractivity contribution in [1.82, 2.24) is 0 Å². The van der Waals surface area contributed by atoms with Crippen LogP contribution in [-0.2, 0) is 18.6 Å². The van der Waals surface area contributed by atoms with Gasteiger partial charge in [0.1, 0.15) is 0 Å². The highest BCUT2D eigenvalue weighted by Gasteiger charge is 2.21. The van der Waals surface area contributed by atoms with Crippen LogP contribution < -0.4 is 0 Å². The maximum Gasteiger partial charge on any atom is 0.365 e. The third-order valence-corrected chi connectivity index (χ3v) is 2.25.